The van der Waals surface area contributed by atoms with E-state index in [1.54, 1.807) is 11.4 Å². The summed E-state index contributed by atoms with van der Waals surface area (Å²) in [4.78, 5) is 23.3. The van der Waals surface area contributed by atoms with Crippen LogP contribution in [-0.2, 0) is 4.79 Å². The Bertz CT molecular complexity index is 564. The normalized spacial score (nSPS) is 16.8. The third-order valence-corrected chi connectivity index (χ3v) is 3.05. The number of hydrogen-bond acceptors (Lipinski definition) is 3. The van der Waals surface area contributed by atoms with Crippen molar-refractivity contribution in [2.24, 2.45) is 0 Å². The molecule has 1 N–H and O–H groups in total. The molecular formula is C12H14F3N3O2. The first-order valence-electron chi connectivity index (χ1n) is 6.22. The van der Waals surface area contributed by atoms with Gasteiger partial charge in [-0.05, 0) is 25.8 Å². The highest BCUT2D eigenvalue weighted by atomic mass is 19.4. The van der Waals surface area contributed by atoms with Crippen molar-refractivity contribution in [1.29, 1.82) is 0 Å². The summed E-state index contributed by atoms with van der Waals surface area (Å²) in [6.07, 6.45) is -2.54. The minimum atomic E-state index is -4.48. The molecule has 0 spiro atoms. The molecule has 0 aromatic carbocycles. The van der Waals surface area contributed by atoms with Crippen LogP contribution in [-0.4, -0.2) is 28.4 Å². The Balaban J connectivity index is 2.11. The van der Waals surface area contributed by atoms with E-state index in [1.165, 1.54) is 13.0 Å². The Labute approximate surface area is 112 Å². The first-order valence-corrected chi connectivity index (χ1v) is 6.22. The molecule has 1 heterocycles. The van der Waals surface area contributed by atoms with Crippen LogP contribution in [0, 0.1) is 0 Å². The van der Waals surface area contributed by atoms with Gasteiger partial charge in [0, 0.05) is 12.0 Å². The van der Waals surface area contributed by atoms with Crippen LogP contribution in [0.5, 0.6) is 0 Å². The third kappa shape index (κ3) is 3.58. The molecule has 0 bridgehead atoms. The quantitative estimate of drug-likeness (QED) is 0.910. The maximum absolute atomic E-state index is 12.0. The number of amides is 1. The van der Waals surface area contributed by atoms with Crippen LogP contribution in [0.15, 0.2) is 16.9 Å². The predicted molar refractivity (Wildman–Crippen MR) is 64.2 cm³/mol. The van der Waals surface area contributed by atoms with Crippen molar-refractivity contribution >= 4 is 5.91 Å². The monoisotopic (exact) mass is 289 g/mol. The minimum Gasteiger partial charge on any atom is -0.345 e. The highest BCUT2D eigenvalue weighted by Crippen LogP contribution is 2.38. The second kappa shape index (κ2) is 5.26. The minimum absolute atomic E-state index is 0.285. The first-order chi connectivity index (χ1) is 9.28. The third-order valence-electron chi connectivity index (χ3n) is 3.05. The van der Waals surface area contributed by atoms with E-state index in [-0.39, 0.29) is 5.92 Å². The fourth-order valence-electron chi connectivity index (χ4n) is 1.76. The molecule has 1 unspecified atom stereocenters. The summed E-state index contributed by atoms with van der Waals surface area (Å²) in [6, 6.07) is 1.80. The standard InChI is InChI=1S/C12H14F3N3O2/c1-7(11(20)16-6-12(13,14)15)18-10(19)5-4-9(17-18)8-2-3-8/h4-5,7-8H,2-3,6H2,1H3,(H,16,20). The van der Waals surface area contributed by atoms with E-state index in [0.29, 0.717) is 5.69 Å². The van der Waals surface area contributed by atoms with Gasteiger partial charge >= 0.3 is 6.18 Å². The number of alkyl halides is 3. The summed E-state index contributed by atoms with van der Waals surface area (Å²) in [5, 5.41) is 5.81. The first kappa shape index (κ1) is 14.5. The number of carbonyl (C=O) groups is 1. The summed E-state index contributed by atoms with van der Waals surface area (Å²) in [6.45, 7) is -0.0793. The van der Waals surface area contributed by atoms with E-state index in [1.807, 2.05) is 0 Å². The number of carbonyl (C=O) groups excluding carboxylic acids is 1. The Morgan fingerprint density at radius 2 is 2.15 bits per heavy atom. The van der Waals surface area contributed by atoms with E-state index < -0.39 is 30.2 Å². The van der Waals surface area contributed by atoms with Crippen molar-refractivity contribution in [3.8, 4) is 0 Å². The molecule has 1 aliphatic carbocycles. The highest BCUT2D eigenvalue weighted by molar-refractivity contribution is 5.79. The van der Waals surface area contributed by atoms with Crippen molar-refractivity contribution < 1.29 is 18.0 Å². The molecule has 1 aromatic heterocycles. The second-order valence-corrected chi connectivity index (χ2v) is 4.82. The van der Waals surface area contributed by atoms with E-state index in [0.717, 1.165) is 17.5 Å². The van der Waals surface area contributed by atoms with Crippen molar-refractivity contribution in [3.05, 3.63) is 28.2 Å². The van der Waals surface area contributed by atoms with Gasteiger partial charge in [0.2, 0.25) is 5.91 Å². The van der Waals surface area contributed by atoms with Crippen LogP contribution >= 0.6 is 0 Å². The molecule has 1 amide bonds. The number of hydrogen-bond donors (Lipinski definition) is 1. The predicted octanol–water partition coefficient (Wildman–Crippen LogP) is 1.36. The zero-order chi connectivity index (χ0) is 14.9. The molecule has 5 nitrogen and oxygen atoms in total. The summed E-state index contributed by atoms with van der Waals surface area (Å²) in [7, 11) is 0. The van der Waals surface area contributed by atoms with Crippen LogP contribution in [0.4, 0.5) is 13.2 Å². The van der Waals surface area contributed by atoms with Gasteiger partial charge in [-0.25, -0.2) is 4.68 Å². The van der Waals surface area contributed by atoms with Crippen molar-refractivity contribution in [1.82, 2.24) is 15.1 Å². The summed E-state index contributed by atoms with van der Waals surface area (Å²) >= 11 is 0. The average molecular weight is 289 g/mol. The van der Waals surface area contributed by atoms with Gasteiger partial charge in [0.05, 0.1) is 5.69 Å². The molecule has 110 valence electrons. The number of nitrogens with zero attached hydrogens (tertiary/aromatic N) is 2. The van der Waals surface area contributed by atoms with E-state index in [2.05, 4.69) is 5.10 Å². The van der Waals surface area contributed by atoms with E-state index in [4.69, 9.17) is 0 Å². The zero-order valence-corrected chi connectivity index (χ0v) is 10.8. The molecule has 1 aliphatic rings. The maximum Gasteiger partial charge on any atom is 0.405 e. The fourth-order valence-corrected chi connectivity index (χ4v) is 1.76. The fraction of sp³-hybridized carbons (Fsp3) is 0.583. The topological polar surface area (TPSA) is 64.0 Å². The Kier molecular flexibility index (Phi) is 3.82. The lowest BCUT2D eigenvalue weighted by Gasteiger charge is -2.15. The number of aromatic nitrogens is 2. The largest absolute Gasteiger partial charge is 0.405 e. The Hall–Kier alpha value is -1.86. The number of nitrogens with one attached hydrogen (secondary N) is 1. The van der Waals surface area contributed by atoms with Crippen molar-refractivity contribution in [2.45, 2.75) is 37.9 Å². The molecule has 0 saturated heterocycles. The lowest BCUT2D eigenvalue weighted by atomic mass is 10.2. The molecule has 0 radical (unpaired) electrons. The SMILES string of the molecule is CC(C(=O)NCC(F)(F)F)n1nc(C2CC2)ccc1=O. The van der Waals surface area contributed by atoms with Gasteiger partial charge in [-0.3, -0.25) is 9.59 Å². The van der Waals surface area contributed by atoms with Crippen molar-refractivity contribution in [3.63, 3.8) is 0 Å². The number of halogens is 3. The molecule has 1 fully saturated rings. The summed E-state index contributed by atoms with van der Waals surface area (Å²) in [5.74, 6) is -0.600. The van der Waals surface area contributed by atoms with Gasteiger partial charge < -0.3 is 5.32 Å². The molecule has 0 aliphatic heterocycles. The van der Waals surface area contributed by atoms with Crippen LogP contribution in [0.2, 0.25) is 0 Å². The number of rotatable bonds is 4. The zero-order valence-electron chi connectivity index (χ0n) is 10.8. The maximum atomic E-state index is 12.0. The van der Waals surface area contributed by atoms with Gasteiger partial charge in [-0.1, -0.05) is 0 Å². The van der Waals surface area contributed by atoms with E-state index >= 15 is 0 Å². The summed E-state index contributed by atoms with van der Waals surface area (Å²) < 4.78 is 37.1. The molecule has 20 heavy (non-hydrogen) atoms. The Morgan fingerprint density at radius 1 is 1.50 bits per heavy atom. The molecule has 1 aromatic rings. The lowest BCUT2D eigenvalue weighted by molar-refractivity contribution is -0.140. The van der Waals surface area contributed by atoms with Crippen LogP contribution in [0.1, 0.15) is 37.4 Å². The van der Waals surface area contributed by atoms with E-state index in [9.17, 15) is 22.8 Å². The molecule has 2 rings (SSSR count). The van der Waals surface area contributed by atoms with Gasteiger partial charge in [-0.2, -0.15) is 18.3 Å². The molecule has 1 atom stereocenters. The molecule has 1 saturated carbocycles. The second-order valence-electron chi connectivity index (χ2n) is 4.82. The average Bonchev–Trinajstić information content (AvgIpc) is 3.19. The Morgan fingerprint density at radius 3 is 2.70 bits per heavy atom. The van der Waals surface area contributed by atoms with Gasteiger partial charge in [0.15, 0.2) is 0 Å². The highest BCUT2D eigenvalue weighted by Gasteiger charge is 2.30. The van der Waals surface area contributed by atoms with Gasteiger partial charge in [0.1, 0.15) is 12.6 Å². The smallest absolute Gasteiger partial charge is 0.345 e. The molecule has 8 heteroatoms. The lowest BCUT2D eigenvalue weighted by Crippen LogP contribution is -2.41. The molecular weight excluding hydrogens is 275 g/mol. The van der Waals surface area contributed by atoms with Crippen LogP contribution in [0.25, 0.3) is 0 Å². The van der Waals surface area contributed by atoms with Crippen molar-refractivity contribution in [2.75, 3.05) is 6.54 Å². The van der Waals surface area contributed by atoms with Crippen LogP contribution < -0.4 is 10.9 Å². The van der Waals surface area contributed by atoms with Gasteiger partial charge in [0.25, 0.3) is 5.56 Å². The van der Waals surface area contributed by atoms with Gasteiger partial charge in [-0.15, -0.1) is 0 Å². The summed E-state index contributed by atoms with van der Waals surface area (Å²) in [5.41, 5.74) is 0.184. The van der Waals surface area contributed by atoms with Crippen LogP contribution in [0.3, 0.4) is 0 Å².